The van der Waals surface area contributed by atoms with Gasteiger partial charge in [-0.3, -0.25) is 19.3 Å². The van der Waals surface area contributed by atoms with Gasteiger partial charge in [0.2, 0.25) is 5.91 Å². The Bertz CT molecular complexity index is 1220. The normalized spacial score (nSPS) is 24.1. The molecule has 3 heterocycles. The molecule has 11 heteroatoms. The minimum atomic E-state index is -0.776. The van der Waals surface area contributed by atoms with Crippen LogP contribution in [-0.4, -0.2) is 102 Å². The van der Waals surface area contributed by atoms with Crippen LogP contribution in [0.25, 0.3) is 0 Å². The quantitative estimate of drug-likeness (QED) is 0.420. The summed E-state index contributed by atoms with van der Waals surface area (Å²) < 4.78 is 10.9. The minimum absolute atomic E-state index is 0.00909. The predicted octanol–water partition coefficient (Wildman–Crippen LogP) is 2.11. The van der Waals surface area contributed by atoms with Crippen molar-refractivity contribution in [2.24, 2.45) is 16.9 Å². The van der Waals surface area contributed by atoms with E-state index in [1.807, 2.05) is 18.2 Å². The van der Waals surface area contributed by atoms with Crippen molar-refractivity contribution in [1.29, 1.82) is 0 Å². The topological polar surface area (TPSA) is 112 Å². The van der Waals surface area contributed by atoms with E-state index in [2.05, 4.69) is 12.2 Å². The molecule has 0 bridgehead atoms. The Kier molecular flexibility index (Phi) is 7.58. The van der Waals surface area contributed by atoms with Gasteiger partial charge in [-0.1, -0.05) is 12.2 Å². The number of imide groups is 1. The molecule has 0 radical (unpaired) electrons. The Morgan fingerprint density at radius 1 is 0.923 bits per heavy atom. The van der Waals surface area contributed by atoms with Crippen LogP contribution in [-0.2, 0) is 14.4 Å². The average molecular weight is 538 g/mol. The number of carbonyl (C=O) groups is 4. The van der Waals surface area contributed by atoms with Crippen molar-refractivity contribution in [2.45, 2.75) is 38.6 Å². The number of likely N-dealkylation sites (tertiary alicyclic amines) is 1. The number of methoxy groups -OCH3 is 2. The number of fused-ring (bicyclic) bond motifs is 1. The van der Waals surface area contributed by atoms with E-state index in [0.717, 1.165) is 22.6 Å². The molecule has 2 saturated heterocycles. The predicted molar refractivity (Wildman–Crippen MR) is 142 cm³/mol. The van der Waals surface area contributed by atoms with Crippen LogP contribution in [0.3, 0.4) is 0 Å². The molecule has 2 fully saturated rings. The van der Waals surface area contributed by atoms with Gasteiger partial charge in [-0.05, 0) is 50.8 Å². The van der Waals surface area contributed by atoms with Gasteiger partial charge in [0.1, 0.15) is 0 Å². The van der Waals surface area contributed by atoms with Gasteiger partial charge < -0.3 is 19.3 Å². The summed E-state index contributed by atoms with van der Waals surface area (Å²) in [6.45, 7) is 3.52. The maximum absolute atomic E-state index is 13.6. The van der Waals surface area contributed by atoms with E-state index in [1.165, 1.54) is 4.90 Å². The molecular formula is C28H35N5O6. The summed E-state index contributed by atoms with van der Waals surface area (Å²) in [4.78, 5) is 55.6. The van der Waals surface area contributed by atoms with Crippen LogP contribution in [0.5, 0.6) is 11.5 Å². The van der Waals surface area contributed by atoms with Gasteiger partial charge in [-0.2, -0.15) is 5.10 Å². The smallest absolute Gasteiger partial charge is 0.327 e. The fraction of sp³-hybridized carbons (Fsp3) is 0.536. The lowest BCUT2D eigenvalue weighted by Crippen LogP contribution is -2.60. The van der Waals surface area contributed by atoms with Crippen molar-refractivity contribution in [3.63, 3.8) is 0 Å². The fourth-order valence-electron chi connectivity index (χ4n) is 5.96. The van der Waals surface area contributed by atoms with Crippen molar-refractivity contribution in [2.75, 3.05) is 46.9 Å². The molecule has 1 aliphatic carbocycles. The largest absolute Gasteiger partial charge is 0.493 e. The zero-order chi connectivity index (χ0) is 27.7. The number of carbonyl (C=O) groups excluding carboxylic acids is 4. The van der Waals surface area contributed by atoms with Crippen molar-refractivity contribution in [1.82, 2.24) is 19.7 Å². The molecule has 0 saturated carbocycles. The molecular weight excluding hydrogens is 502 g/mol. The van der Waals surface area contributed by atoms with Gasteiger partial charge in [0.15, 0.2) is 11.5 Å². The Hall–Kier alpha value is -3.89. The third-order valence-corrected chi connectivity index (χ3v) is 8.22. The van der Waals surface area contributed by atoms with Crippen molar-refractivity contribution in [3.05, 3.63) is 35.9 Å². The Balaban J connectivity index is 1.34. The molecule has 0 aromatic heterocycles. The second-order valence-corrected chi connectivity index (χ2v) is 10.2. The Morgan fingerprint density at radius 2 is 1.62 bits per heavy atom. The summed E-state index contributed by atoms with van der Waals surface area (Å²) in [5, 5.41) is 6.55. The zero-order valence-electron chi connectivity index (χ0n) is 22.7. The molecule has 5 rings (SSSR count). The fourth-order valence-corrected chi connectivity index (χ4v) is 5.96. The summed E-state index contributed by atoms with van der Waals surface area (Å²) in [6.07, 6.45) is 6.63. The van der Waals surface area contributed by atoms with Crippen LogP contribution in [0, 0.1) is 11.8 Å². The van der Waals surface area contributed by atoms with Crippen LogP contribution in [0.1, 0.15) is 38.2 Å². The number of likely N-dealkylation sites (N-methyl/N-ethyl adjacent to an activating group) is 1. The van der Waals surface area contributed by atoms with Crippen LogP contribution >= 0.6 is 0 Å². The van der Waals surface area contributed by atoms with E-state index in [0.29, 0.717) is 56.9 Å². The van der Waals surface area contributed by atoms with E-state index in [1.54, 1.807) is 31.1 Å². The number of allylic oxidation sites excluding steroid dienone is 2. The second kappa shape index (κ2) is 11.1. The first-order valence-electron chi connectivity index (χ1n) is 13.6. The molecule has 2 atom stereocenters. The second-order valence-electron chi connectivity index (χ2n) is 10.2. The molecule has 1 aromatic rings. The summed E-state index contributed by atoms with van der Waals surface area (Å²) in [5.74, 6) is -0.406. The molecule has 4 aliphatic rings. The highest BCUT2D eigenvalue weighted by Crippen LogP contribution is 2.38. The van der Waals surface area contributed by atoms with Crippen LogP contribution in [0.4, 0.5) is 4.79 Å². The summed E-state index contributed by atoms with van der Waals surface area (Å²) >= 11 is 0. The summed E-state index contributed by atoms with van der Waals surface area (Å²) in [6, 6.07) is 5.08. The Morgan fingerprint density at radius 3 is 2.28 bits per heavy atom. The molecule has 1 aromatic carbocycles. The number of rotatable bonds is 5. The van der Waals surface area contributed by atoms with E-state index >= 15 is 0 Å². The molecule has 11 nitrogen and oxygen atoms in total. The number of hydrogen-bond acceptors (Lipinski definition) is 7. The highest BCUT2D eigenvalue weighted by Gasteiger charge is 2.44. The SMILES string of the molecule is CCN1CCN(C(=O)N2CCC(N3N=C(c4ccc(OC)c(OC)c4)C4CC=CCC4C3=O)CC2)C(=O)C1=O. The first-order chi connectivity index (χ1) is 18.9. The number of nitrogens with zero attached hydrogens (tertiary/aromatic N) is 5. The number of urea groups is 1. The molecule has 5 amide bonds. The van der Waals surface area contributed by atoms with Gasteiger partial charge in [-0.25, -0.2) is 9.80 Å². The van der Waals surface area contributed by atoms with E-state index in [9.17, 15) is 19.2 Å². The minimum Gasteiger partial charge on any atom is -0.493 e. The lowest BCUT2D eigenvalue weighted by Gasteiger charge is -2.43. The molecule has 39 heavy (non-hydrogen) atoms. The molecule has 3 aliphatic heterocycles. The molecule has 2 unspecified atom stereocenters. The molecule has 208 valence electrons. The van der Waals surface area contributed by atoms with Crippen LogP contribution in [0.2, 0.25) is 0 Å². The van der Waals surface area contributed by atoms with Crippen molar-refractivity contribution >= 4 is 29.5 Å². The number of benzene rings is 1. The van der Waals surface area contributed by atoms with Crippen LogP contribution in [0.15, 0.2) is 35.5 Å². The third kappa shape index (κ3) is 4.86. The van der Waals surface area contributed by atoms with Gasteiger partial charge >= 0.3 is 17.8 Å². The highest BCUT2D eigenvalue weighted by molar-refractivity contribution is 6.38. The number of piperazine rings is 1. The summed E-state index contributed by atoms with van der Waals surface area (Å²) in [7, 11) is 3.18. The first kappa shape index (κ1) is 26.7. The number of hydrogen-bond donors (Lipinski definition) is 0. The molecule has 0 N–H and O–H groups in total. The maximum atomic E-state index is 13.6. The van der Waals surface area contributed by atoms with Gasteiger partial charge in [-0.15, -0.1) is 0 Å². The average Bonchev–Trinajstić information content (AvgIpc) is 2.98. The number of amides is 5. The highest BCUT2D eigenvalue weighted by atomic mass is 16.5. The van der Waals surface area contributed by atoms with E-state index in [4.69, 9.17) is 14.6 Å². The monoisotopic (exact) mass is 537 g/mol. The van der Waals surface area contributed by atoms with E-state index in [-0.39, 0.29) is 30.3 Å². The first-order valence-corrected chi connectivity index (χ1v) is 13.6. The van der Waals surface area contributed by atoms with E-state index < -0.39 is 17.8 Å². The van der Waals surface area contributed by atoms with Crippen molar-refractivity contribution in [3.8, 4) is 11.5 Å². The van der Waals surface area contributed by atoms with Gasteiger partial charge in [0.25, 0.3) is 0 Å². The van der Waals surface area contributed by atoms with Gasteiger partial charge in [0, 0.05) is 44.2 Å². The summed E-state index contributed by atoms with van der Waals surface area (Å²) in [5.41, 5.74) is 1.73. The van der Waals surface area contributed by atoms with Crippen LogP contribution < -0.4 is 9.47 Å². The third-order valence-electron chi connectivity index (χ3n) is 8.22. The maximum Gasteiger partial charge on any atom is 0.327 e. The number of ether oxygens (including phenoxy) is 2. The lowest BCUT2D eigenvalue weighted by atomic mass is 9.76. The molecule has 0 spiro atoms. The number of hydrazone groups is 1. The Labute approximate surface area is 228 Å². The zero-order valence-corrected chi connectivity index (χ0v) is 22.7. The standard InChI is InChI=1S/C28H35N5O6/c1-4-30-15-16-32(27(36)26(30)35)28(37)31-13-11-19(12-14-31)33-25(34)21-8-6-5-7-20(21)24(29-33)18-9-10-22(38-2)23(17-18)39-3/h5-6,9-10,17,19-21H,4,7-8,11-16H2,1-3H3. The van der Waals surface area contributed by atoms with Gasteiger partial charge in [0.05, 0.1) is 31.9 Å². The number of piperidine rings is 1. The van der Waals surface area contributed by atoms with Crippen molar-refractivity contribution < 1.29 is 28.7 Å². The lowest BCUT2D eigenvalue weighted by molar-refractivity contribution is -0.154.